The molecule has 0 aromatic rings. The highest BCUT2D eigenvalue weighted by Gasteiger charge is 1.93. The maximum atomic E-state index is 8.45. The van der Waals surface area contributed by atoms with Gasteiger partial charge in [0.2, 0.25) is 0 Å². The summed E-state index contributed by atoms with van der Waals surface area (Å²) in [4.78, 5) is 0. The van der Waals surface area contributed by atoms with Crippen LogP contribution in [0.4, 0.5) is 0 Å². The molecule has 18 heavy (non-hydrogen) atoms. The lowest BCUT2D eigenvalue weighted by Crippen LogP contribution is -2.12. The maximum absolute atomic E-state index is 8.45. The molecule has 1 N–H and O–H groups in total. The standard InChI is InChI=1S/C13H24O5/c1-3-4-13(2)18-12-11-17-10-9-16-8-7-15-6-5-14/h3,14H,1-2,4-12H2. The molecule has 0 aromatic carbocycles. The number of hydrogen-bond donors (Lipinski definition) is 1. The van der Waals surface area contributed by atoms with Gasteiger partial charge in [-0.15, -0.1) is 6.58 Å². The number of aliphatic hydroxyl groups excluding tert-OH is 1. The van der Waals surface area contributed by atoms with E-state index in [-0.39, 0.29) is 6.61 Å². The van der Waals surface area contributed by atoms with Crippen LogP contribution in [0.5, 0.6) is 0 Å². The molecule has 0 heterocycles. The van der Waals surface area contributed by atoms with E-state index in [0.29, 0.717) is 58.4 Å². The Labute approximate surface area is 109 Å². The highest BCUT2D eigenvalue weighted by atomic mass is 16.6. The number of ether oxygens (including phenoxy) is 4. The van der Waals surface area contributed by atoms with Gasteiger partial charge in [-0.3, -0.25) is 0 Å². The van der Waals surface area contributed by atoms with E-state index in [1.165, 1.54) is 0 Å². The van der Waals surface area contributed by atoms with E-state index in [1.807, 2.05) is 0 Å². The summed E-state index contributed by atoms with van der Waals surface area (Å²) in [5.41, 5.74) is 0. The molecule has 0 aromatic heterocycles. The Balaban J connectivity index is 3.03. The molecule has 0 aliphatic carbocycles. The average molecular weight is 260 g/mol. The Bertz CT molecular complexity index is 206. The second-order valence-electron chi connectivity index (χ2n) is 3.44. The van der Waals surface area contributed by atoms with Crippen LogP contribution in [0.1, 0.15) is 6.42 Å². The van der Waals surface area contributed by atoms with E-state index in [4.69, 9.17) is 24.1 Å². The molecular formula is C13H24O5. The molecule has 0 fully saturated rings. The summed E-state index contributed by atoms with van der Waals surface area (Å²) in [6, 6.07) is 0. The van der Waals surface area contributed by atoms with Gasteiger partial charge < -0.3 is 24.1 Å². The van der Waals surface area contributed by atoms with Crippen molar-refractivity contribution in [1.82, 2.24) is 0 Å². The van der Waals surface area contributed by atoms with E-state index >= 15 is 0 Å². The van der Waals surface area contributed by atoms with Gasteiger partial charge in [-0.25, -0.2) is 0 Å². The fraction of sp³-hybridized carbons (Fsp3) is 0.692. The number of hydrogen-bond acceptors (Lipinski definition) is 5. The molecule has 0 saturated heterocycles. The van der Waals surface area contributed by atoms with Crippen molar-refractivity contribution in [2.45, 2.75) is 6.42 Å². The second kappa shape index (κ2) is 14.2. The van der Waals surface area contributed by atoms with Crippen LogP contribution < -0.4 is 0 Å². The molecule has 0 aliphatic rings. The van der Waals surface area contributed by atoms with Crippen LogP contribution in [0.3, 0.4) is 0 Å². The summed E-state index contributed by atoms with van der Waals surface area (Å²) >= 11 is 0. The first-order valence-electron chi connectivity index (χ1n) is 6.06. The zero-order chi connectivity index (χ0) is 13.5. The third-order valence-electron chi connectivity index (χ3n) is 1.89. The molecule has 0 amide bonds. The normalized spacial score (nSPS) is 10.3. The van der Waals surface area contributed by atoms with E-state index < -0.39 is 0 Å². The Hall–Kier alpha value is -0.880. The molecular weight excluding hydrogens is 236 g/mol. The smallest absolute Gasteiger partial charge is 0.111 e. The summed E-state index contributed by atoms with van der Waals surface area (Å²) in [7, 11) is 0. The van der Waals surface area contributed by atoms with Gasteiger partial charge in [-0.2, -0.15) is 0 Å². The van der Waals surface area contributed by atoms with Crippen LogP contribution in [0.25, 0.3) is 0 Å². The SMILES string of the molecule is C=CCC(=C)OCCOCCOCCOCCO. The number of allylic oxidation sites excluding steroid dienone is 1. The molecule has 0 bridgehead atoms. The lowest BCUT2D eigenvalue weighted by molar-refractivity contribution is -0.000125. The molecule has 0 unspecified atom stereocenters. The first kappa shape index (κ1) is 17.1. The summed E-state index contributed by atoms with van der Waals surface area (Å²) in [5.74, 6) is 0.700. The Kier molecular flexibility index (Phi) is 13.5. The highest BCUT2D eigenvalue weighted by Crippen LogP contribution is 1.99. The summed E-state index contributed by atoms with van der Waals surface area (Å²) in [6.07, 6.45) is 2.41. The van der Waals surface area contributed by atoms with Crippen molar-refractivity contribution >= 4 is 0 Å². The van der Waals surface area contributed by atoms with Crippen molar-refractivity contribution in [2.75, 3.05) is 52.9 Å². The third kappa shape index (κ3) is 13.2. The van der Waals surface area contributed by atoms with Crippen molar-refractivity contribution < 1.29 is 24.1 Å². The van der Waals surface area contributed by atoms with Gasteiger partial charge in [0.1, 0.15) is 6.61 Å². The van der Waals surface area contributed by atoms with Crippen LogP contribution in [-0.4, -0.2) is 58.0 Å². The molecule has 0 atom stereocenters. The minimum atomic E-state index is 0.0419. The van der Waals surface area contributed by atoms with Gasteiger partial charge >= 0.3 is 0 Å². The minimum Gasteiger partial charge on any atom is -0.496 e. The predicted molar refractivity (Wildman–Crippen MR) is 69.4 cm³/mol. The average Bonchev–Trinajstić information content (AvgIpc) is 2.36. The fourth-order valence-corrected chi connectivity index (χ4v) is 1.07. The van der Waals surface area contributed by atoms with E-state index in [2.05, 4.69) is 13.2 Å². The van der Waals surface area contributed by atoms with Crippen LogP contribution >= 0.6 is 0 Å². The third-order valence-corrected chi connectivity index (χ3v) is 1.89. The van der Waals surface area contributed by atoms with Crippen LogP contribution in [0.15, 0.2) is 25.0 Å². The molecule has 0 aliphatic heterocycles. The Morgan fingerprint density at radius 2 is 1.39 bits per heavy atom. The van der Waals surface area contributed by atoms with E-state index in [9.17, 15) is 0 Å². The van der Waals surface area contributed by atoms with Gasteiger partial charge in [0.15, 0.2) is 0 Å². The molecule has 0 rings (SSSR count). The van der Waals surface area contributed by atoms with Gasteiger partial charge in [0.25, 0.3) is 0 Å². The van der Waals surface area contributed by atoms with Gasteiger partial charge in [0, 0.05) is 6.42 Å². The van der Waals surface area contributed by atoms with Gasteiger partial charge in [-0.1, -0.05) is 12.7 Å². The van der Waals surface area contributed by atoms with Crippen LogP contribution in [0.2, 0.25) is 0 Å². The van der Waals surface area contributed by atoms with E-state index in [0.717, 1.165) is 0 Å². The molecule has 106 valence electrons. The second-order valence-corrected chi connectivity index (χ2v) is 3.44. The van der Waals surface area contributed by atoms with Gasteiger partial charge in [-0.05, 0) is 0 Å². The fourth-order valence-electron chi connectivity index (χ4n) is 1.07. The van der Waals surface area contributed by atoms with Crippen molar-refractivity contribution in [2.24, 2.45) is 0 Å². The molecule has 0 saturated carbocycles. The maximum Gasteiger partial charge on any atom is 0.111 e. The molecule has 5 heteroatoms. The quantitative estimate of drug-likeness (QED) is 0.288. The van der Waals surface area contributed by atoms with Crippen molar-refractivity contribution in [1.29, 1.82) is 0 Å². The number of rotatable bonds is 14. The predicted octanol–water partition coefficient (Wildman–Crippen LogP) is 1.13. The summed E-state index contributed by atoms with van der Waals surface area (Å²) in [6.45, 7) is 10.8. The van der Waals surface area contributed by atoms with Gasteiger partial charge in [0.05, 0.1) is 52.0 Å². The summed E-state index contributed by atoms with van der Waals surface area (Å²) in [5, 5.41) is 8.45. The first-order chi connectivity index (χ1) is 8.81. The topological polar surface area (TPSA) is 57.2 Å². The number of aliphatic hydroxyl groups is 1. The van der Waals surface area contributed by atoms with Crippen LogP contribution in [-0.2, 0) is 18.9 Å². The summed E-state index contributed by atoms with van der Waals surface area (Å²) < 4.78 is 20.8. The zero-order valence-corrected chi connectivity index (χ0v) is 10.9. The molecule has 0 spiro atoms. The van der Waals surface area contributed by atoms with Crippen molar-refractivity contribution in [3.8, 4) is 0 Å². The first-order valence-corrected chi connectivity index (χ1v) is 6.06. The lowest BCUT2D eigenvalue weighted by Gasteiger charge is -2.08. The van der Waals surface area contributed by atoms with E-state index in [1.54, 1.807) is 6.08 Å². The Morgan fingerprint density at radius 1 is 0.889 bits per heavy atom. The van der Waals surface area contributed by atoms with Crippen molar-refractivity contribution in [3.63, 3.8) is 0 Å². The molecule has 0 radical (unpaired) electrons. The Morgan fingerprint density at radius 3 is 1.89 bits per heavy atom. The largest absolute Gasteiger partial charge is 0.496 e. The molecule has 5 nitrogen and oxygen atoms in total. The van der Waals surface area contributed by atoms with Crippen LogP contribution in [0, 0.1) is 0 Å². The minimum absolute atomic E-state index is 0.0419. The zero-order valence-electron chi connectivity index (χ0n) is 10.9. The monoisotopic (exact) mass is 260 g/mol. The highest BCUT2D eigenvalue weighted by molar-refractivity contribution is 4.90. The van der Waals surface area contributed by atoms with Crippen molar-refractivity contribution in [3.05, 3.63) is 25.0 Å². The lowest BCUT2D eigenvalue weighted by atomic mass is 10.4.